The van der Waals surface area contributed by atoms with Crippen LogP contribution in [0, 0.1) is 0 Å². The van der Waals surface area contributed by atoms with E-state index in [1.165, 1.54) is 0 Å². The third kappa shape index (κ3) is 6.35. The van der Waals surface area contributed by atoms with Crippen molar-refractivity contribution in [3.63, 3.8) is 0 Å². The van der Waals surface area contributed by atoms with E-state index in [1.807, 2.05) is 40.0 Å². The standard InChI is InChI=1S/C20H27N3O2S/c1-6-11-23(19(24)25-20(3,4)5)14-15(2)22-26-18-8-7-17-13-21-10-9-16(17)12-18/h6-10,12-13,15,22H,1,11,14H2,2-5H3/t15-/m1/s1. The summed E-state index contributed by atoms with van der Waals surface area (Å²) in [6, 6.07) is 8.32. The van der Waals surface area contributed by atoms with Gasteiger partial charge in [0, 0.05) is 41.8 Å². The van der Waals surface area contributed by atoms with Crippen LogP contribution in [-0.2, 0) is 4.74 Å². The van der Waals surface area contributed by atoms with Gasteiger partial charge in [-0.3, -0.25) is 9.71 Å². The molecule has 0 saturated heterocycles. The molecule has 0 aliphatic rings. The minimum atomic E-state index is -0.512. The fraction of sp³-hybridized carbons (Fsp3) is 0.400. The number of pyridine rings is 1. The smallest absolute Gasteiger partial charge is 0.410 e. The Bertz CT molecular complexity index is 758. The van der Waals surface area contributed by atoms with Gasteiger partial charge >= 0.3 is 6.09 Å². The molecule has 0 aliphatic carbocycles. The van der Waals surface area contributed by atoms with Gasteiger partial charge in [0.2, 0.25) is 0 Å². The Balaban J connectivity index is 1.93. The van der Waals surface area contributed by atoms with Crippen LogP contribution in [0.25, 0.3) is 10.8 Å². The Morgan fingerprint density at radius 2 is 2.15 bits per heavy atom. The number of rotatable bonds is 7. The van der Waals surface area contributed by atoms with E-state index in [9.17, 15) is 4.79 Å². The fourth-order valence-electron chi connectivity index (χ4n) is 2.37. The van der Waals surface area contributed by atoms with E-state index in [0.29, 0.717) is 13.1 Å². The van der Waals surface area contributed by atoms with Gasteiger partial charge in [0.15, 0.2) is 0 Å². The molecule has 0 bridgehead atoms. The Morgan fingerprint density at radius 3 is 2.85 bits per heavy atom. The Labute approximate surface area is 160 Å². The van der Waals surface area contributed by atoms with E-state index in [4.69, 9.17) is 4.74 Å². The summed E-state index contributed by atoms with van der Waals surface area (Å²) in [4.78, 5) is 19.2. The summed E-state index contributed by atoms with van der Waals surface area (Å²) in [6.07, 6.45) is 5.03. The molecule has 0 unspecified atom stereocenters. The van der Waals surface area contributed by atoms with Crippen LogP contribution in [0.1, 0.15) is 27.7 Å². The highest BCUT2D eigenvalue weighted by Crippen LogP contribution is 2.21. The van der Waals surface area contributed by atoms with E-state index in [0.717, 1.165) is 15.7 Å². The molecule has 1 N–H and O–H groups in total. The lowest BCUT2D eigenvalue weighted by atomic mass is 10.2. The monoisotopic (exact) mass is 373 g/mol. The number of nitrogens with one attached hydrogen (secondary N) is 1. The molecule has 0 spiro atoms. The van der Waals surface area contributed by atoms with Gasteiger partial charge < -0.3 is 9.64 Å². The number of hydrogen-bond acceptors (Lipinski definition) is 5. The normalized spacial score (nSPS) is 12.6. The summed E-state index contributed by atoms with van der Waals surface area (Å²) in [5.74, 6) is 0. The molecule has 26 heavy (non-hydrogen) atoms. The molecule has 1 atom stereocenters. The number of benzene rings is 1. The van der Waals surface area contributed by atoms with Crippen molar-refractivity contribution in [3.8, 4) is 0 Å². The first kappa shape index (κ1) is 20.3. The molecule has 0 saturated carbocycles. The second kappa shape index (κ2) is 9.05. The highest BCUT2D eigenvalue weighted by atomic mass is 32.2. The van der Waals surface area contributed by atoms with E-state index >= 15 is 0 Å². The third-order valence-electron chi connectivity index (χ3n) is 3.49. The maximum absolute atomic E-state index is 12.3. The van der Waals surface area contributed by atoms with Crippen molar-refractivity contribution in [1.82, 2.24) is 14.6 Å². The van der Waals surface area contributed by atoms with Crippen LogP contribution in [0.15, 0.2) is 54.2 Å². The van der Waals surface area contributed by atoms with Gasteiger partial charge in [-0.15, -0.1) is 6.58 Å². The second-order valence-corrected chi connectivity index (χ2v) is 8.09. The van der Waals surface area contributed by atoms with Gasteiger partial charge in [-0.1, -0.05) is 12.1 Å². The lowest BCUT2D eigenvalue weighted by Gasteiger charge is -2.28. The van der Waals surface area contributed by atoms with E-state index < -0.39 is 5.60 Å². The topological polar surface area (TPSA) is 54.5 Å². The van der Waals surface area contributed by atoms with Gasteiger partial charge in [-0.2, -0.15) is 0 Å². The molecule has 0 aliphatic heterocycles. The number of amides is 1. The van der Waals surface area contributed by atoms with E-state index in [2.05, 4.69) is 34.5 Å². The zero-order valence-corrected chi connectivity index (χ0v) is 16.7. The molecule has 1 heterocycles. The van der Waals surface area contributed by atoms with Gasteiger partial charge in [0.25, 0.3) is 0 Å². The first-order chi connectivity index (χ1) is 12.3. The van der Waals surface area contributed by atoms with Crippen molar-refractivity contribution in [1.29, 1.82) is 0 Å². The molecule has 0 fully saturated rings. The first-order valence-corrected chi connectivity index (χ1v) is 9.45. The van der Waals surface area contributed by atoms with Crippen LogP contribution in [0.3, 0.4) is 0 Å². The average Bonchev–Trinajstić information content (AvgIpc) is 2.58. The SMILES string of the molecule is C=CCN(C[C@@H](C)NSc1ccc2cnccc2c1)C(=O)OC(C)(C)C. The van der Waals surface area contributed by atoms with Crippen molar-refractivity contribution in [2.75, 3.05) is 13.1 Å². The lowest BCUT2D eigenvalue weighted by Crippen LogP contribution is -2.43. The average molecular weight is 374 g/mol. The molecule has 1 aromatic carbocycles. The summed E-state index contributed by atoms with van der Waals surface area (Å²) < 4.78 is 8.85. The molecule has 0 radical (unpaired) electrons. The summed E-state index contributed by atoms with van der Waals surface area (Å²) in [6.45, 7) is 12.3. The summed E-state index contributed by atoms with van der Waals surface area (Å²) >= 11 is 1.55. The Morgan fingerprint density at radius 1 is 1.38 bits per heavy atom. The van der Waals surface area contributed by atoms with Crippen LogP contribution in [0.5, 0.6) is 0 Å². The quantitative estimate of drug-likeness (QED) is 0.566. The number of carbonyl (C=O) groups is 1. The fourth-order valence-corrected chi connectivity index (χ4v) is 3.10. The van der Waals surface area contributed by atoms with Crippen molar-refractivity contribution < 1.29 is 9.53 Å². The number of ether oxygens (including phenoxy) is 1. The zero-order chi connectivity index (χ0) is 19.2. The van der Waals surface area contributed by atoms with Crippen LogP contribution in [0.2, 0.25) is 0 Å². The molecule has 1 aromatic heterocycles. The van der Waals surface area contributed by atoms with Crippen LogP contribution in [-0.4, -0.2) is 40.7 Å². The maximum atomic E-state index is 12.3. The van der Waals surface area contributed by atoms with Gasteiger partial charge in [0.05, 0.1) is 0 Å². The second-order valence-electron chi connectivity index (χ2n) is 7.18. The number of aromatic nitrogens is 1. The van der Waals surface area contributed by atoms with Gasteiger partial charge in [-0.05, 0) is 63.2 Å². The predicted molar refractivity (Wildman–Crippen MR) is 108 cm³/mol. The summed E-state index contributed by atoms with van der Waals surface area (Å²) in [5.41, 5.74) is -0.512. The largest absolute Gasteiger partial charge is 0.444 e. The minimum Gasteiger partial charge on any atom is -0.444 e. The van der Waals surface area contributed by atoms with Crippen LogP contribution < -0.4 is 4.72 Å². The molecule has 1 amide bonds. The summed E-state index contributed by atoms with van der Waals surface area (Å²) in [7, 11) is 0. The predicted octanol–water partition coefficient (Wildman–Crippen LogP) is 4.64. The minimum absolute atomic E-state index is 0.0839. The first-order valence-electron chi connectivity index (χ1n) is 8.63. The number of hydrogen-bond donors (Lipinski definition) is 1. The Kier molecular flexibility index (Phi) is 7.06. The van der Waals surface area contributed by atoms with Gasteiger partial charge in [-0.25, -0.2) is 4.79 Å². The number of nitrogens with zero attached hydrogens (tertiary/aromatic N) is 2. The molecular weight excluding hydrogens is 346 g/mol. The summed E-state index contributed by atoms with van der Waals surface area (Å²) in [5, 5.41) is 2.27. The lowest BCUT2D eigenvalue weighted by molar-refractivity contribution is 0.0262. The molecular formula is C20H27N3O2S. The van der Waals surface area contributed by atoms with Crippen molar-refractivity contribution >= 4 is 28.8 Å². The van der Waals surface area contributed by atoms with Crippen LogP contribution in [0.4, 0.5) is 4.79 Å². The van der Waals surface area contributed by atoms with Gasteiger partial charge in [0.1, 0.15) is 5.60 Å². The Hall–Kier alpha value is -2.05. The maximum Gasteiger partial charge on any atom is 0.410 e. The van der Waals surface area contributed by atoms with E-state index in [-0.39, 0.29) is 12.1 Å². The highest BCUT2D eigenvalue weighted by molar-refractivity contribution is 7.97. The number of fused-ring (bicyclic) bond motifs is 1. The van der Waals surface area contributed by atoms with Crippen LogP contribution >= 0.6 is 11.9 Å². The molecule has 6 heteroatoms. The number of carbonyl (C=O) groups excluding carboxylic acids is 1. The molecule has 2 aromatic rings. The van der Waals surface area contributed by atoms with E-state index in [1.54, 1.807) is 29.1 Å². The molecule has 2 rings (SSSR count). The molecule has 5 nitrogen and oxygen atoms in total. The van der Waals surface area contributed by atoms with Crippen molar-refractivity contribution in [2.45, 2.75) is 44.2 Å². The molecule has 140 valence electrons. The highest BCUT2D eigenvalue weighted by Gasteiger charge is 2.22. The van der Waals surface area contributed by atoms with Crippen molar-refractivity contribution in [3.05, 3.63) is 49.3 Å². The zero-order valence-electron chi connectivity index (χ0n) is 15.9. The van der Waals surface area contributed by atoms with Crippen molar-refractivity contribution in [2.24, 2.45) is 0 Å². The third-order valence-corrected chi connectivity index (χ3v) is 4.50.